The molecule has 1 amide bonds. The lowest BCUT2D eigenvalue weighted by Gasteiger charge is -2.35. The molecule has 17 heavy (non-hydrogen) atoms. The Labute approximate surface area is 105 Å². The third kappa shape index (κ3) is 2.98. The van der Waals surface area contributed by atoms with E-state index in [0.717, 1.165) is 34.8 Å². The van der Waals surface area contributed by atoms with Crippen LogP contribution in [-0.4, -0.2) is 43.7 Å². The van der Waals surface area contributed by atoms with Crippen molar-refractivity contribution in [1.29, 1.82) is 0 Å². The van der Waals surface area contributed by atoms with Gasteiger partial charge in [-0.15, -0.1) is 0 Å². The summed E-state index contributed by atoms with van der Waals surface area (Å²) < 4.78 is 0. The van der Waals surface area contributed by atoms with E-state index in [1.807, 2.05) is 4.90 Å². The number of nitrogens with zero attached hydrogens (tertiary/aromatic N) is 2. The van der Waals surface area contributed by atoms with E-state index < -0.39 is 0 Å². The molecule has 0 N–H and O–H groups in total. The van der Waals surface area contributed by atoms with Crippen LogP contribution in [-0.2, 0) is 4.79 Å². The van der Waals surface area contributed by atoms with Crippen LogP contribution >= 0.6 is 8.58 Å². The van der Waals surface area contributed by atoms with Crippen molar-refractivity contribution >= 4 is 25.5 Å². The fourth-order valence-corrected chi connectivity index (χ4v) is 2.62. The Hall–Kier alpha value is -1.08. The predicted molar refractivity (Wildman–Crippen MR) is 74.8 cm³/mol. The maximum absolute atomic E-state index is 11.2. The van der Waals surface area contributed by atoms with Gasteiger partial charge in [0.05, 0.1) is 0 Å². The quantitative estimate of drug-likeness (QED) is 0.738. The van der Waals surface area contributed by atoms with E-state index in [4.69, 9.17) is 0 Å². The number of anilines is 1. The third-order valence-electron chi connectivity index (χ3n) is 3.25. The Morgan fingerprint density at radius 3 is 2.18 bits per heavy atom. The molecule has 1 heterocycles. The normalized spacial score (nSPS) is 16.8. The number of piperazine rings is 1. The van der Waals surface area contributed by atoms with E-state index in [0.29, 0.717) is 0 Å². The molecule has 4 heteroatoms. The Morgan fingerprint density at radius 2 is 1.71 bits per heavy atom. The molecule has 92 valence electrons. The monoisotopic (exact) mass is 250 g/mol. The summed E-state index contributed by atoms with van der Waals surface area (Å²) in [6, 6.07) is 8.78. The van der Waals surface area contributed by atoms with Gasteiger partial charge in [-0.25, -0.2) is 0 Å². The van der Waals surface area contributed by atoms with Gasteiger partial charge in [-0.2, -0.15) is 0 Å². The molecule has 0 radical (unpaired) electrons. The predicted octanol–water partition coefficient (Wildman–Crippen LogP) is 1.29. The highest BCUT2D eigenvalue weighted by Crippen LogP contribution is 2.16. The highest BCUT2D eigenvalue weighted by atomic mass is 31.1. The van der Waals surface area contributed by atoms with Crippen molar-refractivity contribution in [3.63, 3.8) is 0 Å². The molecule has 1 unspecified atom stereocenters. The summed E-state index contributed by atoms with van der Waals surface area (Å²) >= 11 is 0. The third-order valence-corrected chi connectivity index (χ3v) is 4.16. The second-order valence-corrected chi connectivity index (χ2v) is 5.37. The largest absolute Gasteiger partial charge is 0.368 e. The van der Waals surface area contributed by atoms with Crippen molar-refractivity contribution in [3.05, 3.63) is 24.3 Å². The molecule has 1 aromatic rings. The van der Waals surface area contributed by atoms with E-state index in [2.05, 4.69) is 35.8 Å². The molecule has 2 rings (SSSR count). The summed E-state index contributed by atoms with van der Waals surface area (Å²) in [7, 11) is 0.857. The van der Waals surface area contributed by atoms with Crippen LogP contribution in [0.2, 0.25) is 0 Å². The van der Waals surface area contributed by atoms with E-state index >= 15 is 0 Å². The smallest absolute Gasteiger partial charge is 0.219 e. The van der Waals surface area contributed by atoms with E-state index in [1.54, 1.807) is 6.92 Å². The molecule has 1 saturated heterocycles. The average Bonchev–Trinajstić information content (AvgIpc) is 2.39. The lowest BCUT2D eigenvalue weighted by Crippen LogP contribution is -2.48. The highest BCUT2D eigenvalue weighted by Gasteiger charge is 2.18. The molecule has 1 aliphatic rings. The Kier molecular flexibility index (Phi) is 4.01. The molecule has 0 aromatic heterocycles. The van der Waals surface area contributed by atoms with Crippen molar-refractivity contribution in [2.24, 2.45) is 0 Å². The fraction of sp³-hybridized carbons (Fsp3) is 0.462. The van der Waals surface area contributed by atoms with E-state index in [-0.39, 0.29) is 5.91 Å². The molecule has 1 fully saturated rings. The van der Waals surface area contributed by atoms with Gasteiger partial charge in [0.1, 0.15) is 0 Å². The Bertz CT molecular complexity index is 383. The van der Waals surface area contributed by atoms with Crippen LogP contribution in [0.1, 0.15) is 6.92 Å². The summed E-state index contributed by atoms with van der Waals surface area (Å²) in [5.74, 6) is 0.187. The van der Waals surface area contributed by atoms with Gasteiger partial charge in [0, 0.05) is 38.8 Å². The first-order valence-corrected chi connectivity index (χ1v) is 7.49. The molecule has 0 bridgehead atoms. The summed E-state index contributed by atoms with van der Waals surface area (Å²) in [5.41, 5.74) is 1.27. The highest BCUT2D eigenvalue weighted by molar-refractivity contribution is 7.46. The summed E-state index contributed by atoms with van der Waals surface area (Å²) in [5, 5.41) is 1.40. The SMILES string of the molecule is CPc1ccc(N2CCN(C(C)=O)CC2)cc1. The molecular weight excluding hydrogens is 231 g/mol. The minimum Gasteiger partial charge on any atom is -0.368 e. The van der Waals surface area contributed by atoms with Gasteiger partial charge in [-0.1, -0.05) is 20.7 Å². The van der Waals surface area contributed by atoms with Crippen LogP contribution in [0.25, 0.3) is 0 Å². The number of amides is 1. The molecule has 0 spiro atoms. The van der Waals surface area contributed by atoms with Gasteiger partial charge >= 0.3 is 0 Å². The van der Waals surface area contributed by atoms with E-state index in [9.17, 15) is 4.79 Å². The van der Waals surface area contributed by atoms with Crippen LogP contribution in [0.5, 0.6) is 0 Å². The molecule has 1 aliphatic heterocycles. The van der Waals surface area contributed by atoms with Crippen LogP contribution in [0.3, 0.4) is 0 Å². The van der Waals surface area contributed by atoms with Gasteiger partial charge in [-0.3, -0.25) is 4.79 Å². The number of hydrogen-bond acceptors (Lipinski definition) is 2. The lowest BCUT2D eigenvalue weighted by atomic mass is 10.2. The molecule has 1 atom stereocenters. The van der Waals surface area contributed by atoms with Gasteiger partial charge < -0.3 is 9.80 Å². The maximum atomic E-state index is 11.2. The lowest BCUT2D eigenvalue weighted by molar-refractivity contribution is -0.129. The number of benzene rings is 1. The van der Waals surface area contributed by atoms with Crippen molar-refractivity contribution in [2.75, 3.05) is 37.7 Å². The number of carbonyl (C=O) groups excluding carboxylic acids is 1. The Morgan fingerprint density at radius 1 is 1.12 bits per heavy atom. The zero-order chi connectivity index (χ0) is 12.3. The summed E-state index contributed by atoms with van der Waals surface area (Å²) in [4.78, 5) is 15.5. The first kappa shape index (κ1) is 12.4. The fourth-order valence-electron chi connectivity index (χ4n) is 2.12. The standard InChI is InChI=1S/C13H19N2OP/c1-11(16)14-7-9-15(10-8-14)12-3-5-13(17-2)6-4-12/h3-6,17H,7-10H2,1-2H3. The first-order chi connectivity index (χ1) is 8.20. The first-order valence-electron chi connectivity index (χ1n) is 5.99. The minimum atomic E-state index is 0.187. The van der Waals surface area contributed by atoms with E-state index in [1.165, 1.54) is 11.0 Å². The maximum Gasteiger partial charge on any atom is 0.219 e. The summed E-state index contributed by atoms with van der Waals surface area (Å²) in [6.07, 6.45) is 0. The van der Waals surface area contributed by atoms with Crippen molar-refractivity contribution in [2.45, 2.75) is 6.92 Å². The zero-order valence-electron chi connectivity index (χ0n) is 10.4. The van der Waals surface area contributed by atoms with Crippen LogP contribution in [0.4, 0.5) is 5.69 Å². The Balaban J connectivity index is 1.97. The van der Waals surface area contributed by atoms with Crippen LogP contribution in [0.15, 0.2) is 24.3 Å². The molecule has 1 aromatic carbocycles. The molecule has 3 nitrogen and oxygen atoms in total. The second-order valence-electron chi connectivity index (χ2n) is 4.29. The number of hydrogen-bond donors (Lipinski definition) is 0. The molecule has 0 saturated carbocycles. The van der Waals surface area contributed by atoms with Crippen LogP contribution < -0.4 is 10.2 Å². The van der Waals surface area contributed by atoms with Gasteiger partial charge in [0.15, 0.2) is 0 Å². The van der Waals surface area contributed by atoms with Crippen LogP contribution in [0, 0.1) is 0 Å². The molecule has 0 aliphatic carbocycles. The van der Waals surface area contributed by atoms with Gasteiger partial charge in [0.25, 0.3) is 0 Å². The molecular formula is C13H19N2OP. The summed E-state index contributed by atoms with van der Waals surface area (Å²) in [6.45, 7) is 7.40. The average molecular weight is 250 g/mol. The second kappa shape index (κ2) is 5.50. The van der Waals surface area contributed by atoms with Gasteiger partial charge in [0.2, 0.25) is 5.91 Å². The topological polar surface area (TPSA) is 23.6 Å². The number of carbonyl (C=O) groups is 1. The van der Waals surface area contributed by atoms with Gasteiger partial charge in [-0.05, 0) is 24.1 Å². The van der Waals surface area contributed by atoms with Crippen molar-refractivity contribution in [3.8, 4) is 0 Å². The van der Waals surface area contributed by atoms with Crippen molar-refractivity contribution < 1.29 is 4.79 Å². The zero-order valence-corrected chi connectivity index (χ0v) is 11.4. The minimum absolute atomic E-state index is 0.187. The number of rotatable bonds is 2. The van der Waals surface area contributed by atoms with Crippen molar-refractivity contribution in [1.82, 2.24) is 4.90 Å².